The van der Waals surface area contributed by atoms with Crippen LogP contribution >= 0.6 is 0 Å². The number of allylic oxidation sites excluding steroid dienone is 2. The van der Waals surface area contributed by atoms with Crippen LogP contribution in [0.2, 0.25) is 0 Å². The Labute approximate surface area is 101 Å². The van der Waals surface area contributed by atoms with Gasteiger partial charge in [-0.05, 0) is 23.8 Å². The topological polar surface area (TPSA) is 15.3 Å². The van der Waals surface area contributed by atoms with Gasteiger partial charge in [-0.25, -0.2) is 0 Å². The van der Waals surface area contributed by atoms with E-state index in [0.29, 0.717) is 12.0 Å². The first-order valence-corrected chi connectivity index (χ1v) is 6.11. The van der Waals surface area contributed by atoms with E-state index in [0.717, 1.165) is 6.54 Å². The molecular weight excluding hydrogens is 208 g/mol. The van der Waals surface area contributed by atoms with Crippen molar-refractivity contribution in [2.24, 2.45) is 5.92 Å². The molecule has 17 heavy (non-hydrogen) atoms. The lowest BCUT2D eigenvalue weighted by Crippen LogP contribution is -2.36. The highest BCUT2D eigenvalue weighted by atomic mass is 15.2. The van der Waals surface area contributed by atoms with Gasteiger partial charge in [0.05, 0.1) is 17.4 Å². The van der Waals surface area contributed by atoms with Gasteiger partial charge in [0.25, 0.3) is 0 Å². The zero-order valence-electron chi connectivity index (χ0n) is 9.51. The lowest BCUT2D eigenvalue weighted by atomic mass is 9.89. The Kier molecular flexibility index (Phi) is 1.75. The normalized spacial score (nSPS) is 28.0. The van der Waals surface area contributed by atoms with Gasteiger partial charge < -0.3 is 10.2 Å². The van der Waals surface area contributed by atoms with Crippen molar-refractivity contribution >= 4 is 11.4 Å². The van der Waals surface area contributed by atoms with Gasteiger partial charge in [-0.3, -0.25) is 0 Å². The Morgan fingerprint density at radius 2 is 2.18 bits per heavy atom. The number of rotatable bonds is 0. The smallest absolute Gasteiger partial charge is 0.0666 e. The van der Waals surface area contributed by atoms with Crippen molar-refractivity contribution in [3.8, 4) is 0 Å². The van der Waals surface area contributed by atoms with Crippen LogP contribution < -0.4 is 10.2 Å². The zero-order valence-corrected chi connectivity index (χ0v) is 9.51. The molecule has 1 aliphatic carbocycles. The molecular formula is C15H14N2. The third-order valence-corrected chi connectivity index (χ3v) is 3.83. The summed E-state index contributed by atoms with van der Waals surface area (Å²) < 4.78 is 0. The quantitative estimate of drug-likeness (QED) is 0.726. The Morgan fingerprint density at radius 3 is 3.18 bits per heavy atom. The third-order valence-electron chi connectivity index (χ3n) is 3.83. The zero-order chi connectivity index (χ0) is 11.2. The van der Waals surface area contributed by atoms with Crippen LogP contribution in [0, 0.1) is 5.92 Å². The Bertz CT molecular complexity index is 554. The number of nitrogens with zero attached hydrogens (tertiary/aromatic N) is 1. The highest BCUT2D eigenvalue weighted by Gasteiger charge is 2.35. The Morgan fingerprint density at radius 1 is 1.24 bits per heavy atom. The fourth-order valence-corrected chi connectivity index (χ4v) is 3.03. The van der Waals surface area contributed by atoms with Crippen LogP contribution in [0.4, 0.5) is 11.4 Å². The second-order valence-electron chi connectivity index (χ2n) is 4.78. The molecule has 0 aromatic heterocycles. The van der Waals surface area contributed by atoms with E-state index in [9.17, 15) is 0 Å². The number of hydrogen-bond acceptors (Lipinski definition) is 2. The van der Waals surface area contributed by atoms with Crippen molar-refractivity contribution in [3.05, 3.63) is 60.3 Å². The van der Waals surface area contributed by atoms with Crippen LogP contribution in [0.1, 0.15) is 0 Å². The number of para-hydroxylation sites is 2. The first-order valence-electron chi connectivity index (χ1n) is 6.11. The predicted octanol–water partition coefficient (Wildman–Crippen LogP) is 2.93. The van der Waals surface area contributed by atoms with E-state index < -0.39 is 0 Å². The maximum atomic E-state index is 3.56. The molecule has 1 aromatic carbocycles. The second kappa shape index (κ2) is 3.27. The highest BCUT2D eigenvalue weighted by Crippen LogP contribution is 2.40. The minimum Gasteiger partial charge on any atom is -0.383 e. The van der Waals surface area contributed by atoms with Crippen molar-refractivity contribution in [1.82, 2.24) is 0 Å². The van der Waals surface area contributed by atoms with Crippen molar-refractivity contribution in [2.45, 2.75) is 6.04 Å². The molecule has 0 saturated carbocycles. The summed E-state index contributed by atoms with van der Waals surface area (Å²) in [5.41, 5.74) is 3.95. The van der Waals surface area contributed by atoms with E-state index in [2.05, 4.69) is 65.0 Å². The molecule has 4 rings (SSSR count). The molecule has 0 fully saturated rings. The molecule has 0 amide bonds. The van der Waals surface area contributed by atoms with Crippen LogP contribution in [0.3, 0.4) is 0 Å². The van der Waals surface area contributed by atoms with Gasteiger partial charge in [0.2, 0.25) is 0 Å². The Hall–Kier alpha value is -1.96. The van der Waals surface area contributed by atoms with Crippen molar-refractivity contribution < 1.29 is 0 Å². The lowest BCUT2D eigenvalue weighted by Gasteiger charge is -2.30. The fourth-order valence-electron chi connectivity index (χ4n) is 3.03. The summed E-state index contributed by atoms with van der Waals surface area (Å²) in [5.74, 6) is 0.553. The van der Waals surface area contributed by atoms with Gasteiger partial charge in [0.15, 0.2) is 0 Å². The summed E-state index contributed by atoms with van der Waals surface area (Å²) in [5, 5.41) is 3.56. The third kappa shape index (κ3) is 1.21. The molecule has 2 nitrogen and oxygen atoms in total. The van der Waals surface area contributed by atoms with E-state index in [1.807, 2.05) is 0 Å². The number of anilines is 2. The van der Waals surface area contributed by atoms with Crippen LogP contribution in [-0.2, 0) is 0 Å². The fraction of sp³-hybridized carbons (Fsp3) is 0.200. The summed E-state index contributed by atoms with van der Waals surface area (Å²) in [7, 11) is 0. The van der Waals surface area contributed by atoms with Crippen molar-refractivity contribution in [2.75, 3.05) is 16.8 Å². The molecule has 2 atom stereocenters. The van der Waals surface area contributed by atoms with Gasteiger partial charge in [-0.15, -0.1) is 0 Å². The molecule has 2 aliphatic heterocycles. The number of benzene rings is 1. The summed E-state index contributed by atoms with van der Waals surface area (Å²) in [6.07, 6.45) is 11.2. The maximum absolute atomic E-state index is 3.56. The van der Waals surface area contributed by atoms with Crippen LogP contribution in [0.25, 0.3) is 0 Å². The molecule has 84 valence electrons. The average molecular weight is 222 g/mol. The monoisotopic (exact) mass is 222 g/mol. The van der Waals surface area contributed by atoms with E-state index >= 15 is 0 Å². The summed E-state index contributed by atoms with van der Waals surface area (Å²) >= 11 is 0. The largest absolute Gasteiger partial charge is 0.383 e. The van der Waals surface area contributed by atoms with E-state index in [1.54, 1.807) is 0 Å². The van der Waals surface area contributed by atoms with Gasteiger partial charge >= 0.3 is 0 Å². The summed E-state index contributed by atoms with van der Waals surface area (Å²) in [6.45, 7) is 1.01. The lowest BCUT2D eigenvalue weighted by molar-refractivity contribution is 0.588. The van der Waals surface area contributed by atoms with Gasteiger partial charge in [-0.2, -0.15) is 0 Å². The van der Waals surface area contributed by atoms with E-state index in [-0.39, 0.29) is 0 Å². The molecule has 0 bridgehead atoms. The van der Waals surface area contributed by atoms with Crippen LogP contribution in [0.15, 0.2) is 60.3 Å². The van der Waals surface area contributed by atoms with Crippen LogP contribution in [-0.4, -0.2) is 12.6 Å². The SMILES string of the molecule is C1=CC2CNc3ccccc3N3C=CC(=C1)C23. The first kappa shape index (κ1) is 9.11. The average Bonchev–Trinajstić information content (AvgIpc) is 2.73. The Balaban J connectivity index is 1.89. The number of hydrogen-bond donors (Lipinski definition) is 1. The minimum absolute atomic E-state index is 0.483. The minimum atomic E-state index is 0.483. The maximum Gasteiger partial charge on any atom is 0.0666 e. The van der Waals surface area contributed by atoms with Crippen LogP contribution in [0.5, 0.6) is 0 Å². The molecule has 2 unspecified atom stereocenters. The molecule has 0 radical (unpaired) electrons. The molecule has 2 heteroatoms. The molecule has 0 spiro atoms. The first-order chi connectivity index (χ1) is 8.43. The van der Waals surface area contributed by atoms with E-state index in [1.165, 1.54) is 16.9 Å². The number of nitrogens with one attached hydrogen (secondary N) is 1. The second-order valence-corrected chi connectivity index (χ2v) is 4.78. The van der Waals surface area contributed by atoms with E-state index in [4.69, 9.17) is 0 Å². The molecule has 2 heterocycles. The highest BCUT2D eigenvalue weighted by molar-refractivity contribution is 5.75. The molecule has 3 aliphatic rings. The predicted molar refractivity (Wildman–Crippen MR) is 71.1 cm³/mol. The van der Waals surface area contributed by atoms with Gasteiger partial charge in [0, 0.05) is 18.7 Å². The van der Waals surface area contributed by atoms with Gasteiger partial charge in [0.1, 0.15) is 0 Å². The van der Waals surface area contributed by atoms with Gasteiger partial charge in [-0.1, -0.05) is 30.4 Å². The molecule has 1 N–H and O–H groups in total. The van der Waals surface area contributed by atoms with Crippen molar-refractivity contribution in [3.63, 3.8) is 0 Å². The number of fused-ring (bicyclic) bond motifs is 2. The molecule has 1 aromatic rings. The van der Waals surface area contributed by atoms with Crippen molar-refractivity contribution in [1.29, 1.82) is 0 Å². The summed E-state index contributed by atoms with van der Waals surface area (Å²) in [4.78, 5) is 2.40. The standard InChI is InChI=1S/C15H14N2/c1-2-7-14-13(6-1)16-10-12-5-3-4-11-8-9-17(14)15(11)12/h1-9,12,15-16H,10H2. The molecule has 0 saturated heterocycles. The summed E-state index contributed by atoms with van der Waals surface area (Å²) in [6, 6.07) is 9.03.